The minimum Gasteiger partial charge on any atom is -0.110 e. The van der Waals surface area contributed by atoms with Gasteiger partial charge < -0.3 is 0 Å². The molecule has 0 aromatic heterocycles. The molecule has 0 spiro atoms. The van der Waals surface area contributed by atoms with Crippen molar-refractivity contribution in [3.63, 3.8) is 0 Å². The molecule has 0 unspecified atom stereocenters. The summed E-state index contributed by atoms with van der Waals surface area (Å²) in [6.45, 7) is 0. The molecule has 12 heavy (non-hydrogen) atoms. The number of hydrogen-bond acceptors (Lipinski definition) is 1. The van der Waals surface area contributed by atoms with Gasteiger partial charge in [-0.15, -0.1) is 4.58 Å². The van der Waals surface area contributed by atoms with Crippen LogP contribution in [0.4, 0.5) is 5.69 Å². The van der Waals surface area contributed by atoms with Crippen molar-refractivity contribution in [2.24, 2.45) is 5.10 Å². The minimum atomic E-state index is 1.03. The molecule has 1 heterocycles. The number of hydrazone groups is 1. The van der Waals surface area contributed by atoms with Crippen molar-refractivity contribution in [2.45, 2.75) is 0 Å². The molecule has 3 nitrogen and oxygen atoms in total. The van der Waals surface area contributed by atoms with Crippen LogP contribution >= 0.6 is 0 Å². The maximum Gasteiger partial charge on any atom is 0.421 e. The molecule has 1 aromatic rings. The van der Waals surface area contributed by atoms with E-state index in [9.17, 15) is 0 Å². The first-order chi connectivity index (χ1) is 5.86. The Balaban J connectivity index is 2.47. The summed E-state index contributed by atoms with van der Waals surface area (Å²) in [5, 5.41) is 4.11. The summed E-state index contributed by atoms with van der Waals surface area (Å²) in [6.07, 6.45) is 1.72. The summed E-state index contributed by atoms with van der Waals surface area (Å²) < 4.78 is 3.49. The van der Waals surface area contributed by atoms with E-state index in [1.807, 2.05) is 37.4 Å². The van der Waals surface area contributed by atoms with E-state index in [0.717, 1.165) is 5.69 Å². The Morgan fingerprint density at radius 1 is 1.25 bits per heavy atom. The zero-order valence-corrected chi connectivity index (χ0v) is 6.81. The molecule has 0 N–H and O–H groups in total. The van der Waals surface area contributed by atoms with Crippen molar-refractivity contribution < 1.29 is 9.26 Å². The summed E-state index contributed by atoms with van der Waals surface area (Å²) in [5.74, 6) is 0. The Morgan fingerprint density at radius 3 is 2.58 bits per heavy atom. The van der Waals surface area contributed by atoms with Crippen LogP contribution in [0.2, 0.25) is 0 Å². The Hall–Kier alpha value is -1.73. The lowest BCUT2D eigenvalue weighted by Gasteiger charge is -1.81. The third-order valence-electron chi connectivity index (χ3n) is 1.59. The van der Waals surface area contributed by atoms with E-state index in [0.29, 0.717) is 0 Å². The zero-order chi connectivity index (χ0) is 8.39. The van der Waals surface area contributed by atoms with Gasteiger partial charge in [0.1, 0.15) is 11.7 Å². The van der Waals surface area contributed by atoms with Gasteiger partial charge in [-0.25, -0.2) is 0 Å². The first-order valence-electron chi connectivity index (χ1n) is 3.75. The normalized spacial score (nSPS) is 14.4. The highest BCUT2D eigenvalue weighted by Crippen LogP contribution is 2.09. The number of rotatable bonds is 1. The summed E-state index contributed by atoms with van der Waals surface area (Å²) in [5.41, 5.74) is 1.03. The van der Waals surface area contributed by atoms with Crippen LogP contribution in [0.15, 0.2) is 35.4 Å². The molecule has 0 atom stereocenters. The number of hydrogen-bond donors (Lipinski definition) is 0. The molecular formula is C9H9N3+2. The first kappa shape index (κ1) is 6.95. The van der Waals surface area contributed by atoms with Gasteiger partial charge >= 0.3 is 12.3 Å². The molecular weight excluding hydrogens is 150 g/mol. The van der Waals surface area contributed by atoms with E-state index >= 15 is 0 Å². The average Bonchev–Trinajstić information content (AvgIpc) is 2.54. The monoisotopic (exact) mass is 159 g/mol. The van der Waals surface area contributed by atoms with Gasteiger partial charge in [0.15, 0.2) is 0 Å². The lowest BCUT2D eigenvalue weighted by Crippen LogP contribution is -1.94. The van der Waals surface area contributed by atoms with Crippen LogP contribution in [-0.4, -0.2) is 28.7 Å². The summed E-state index contributed by atoms with van der Waals surface area (Å²) in [7, 11) is 1.90. The lowest BCUT2D eigenvalue weighted by molar-refractivity contribution is -0.448. The van der Waals surface area contributed by atoms with Crippen molar-refractivity contribution in [2.75, 3.05) is 7.05 Å². The van der Waals surface area contributed by atoms with E-state index < -0.39 is 0 Å². The molecule has 0 amide bonds. The van der Waals surface area contributed by atoms with Crippen LogP contribution in [-0.2, 0) is 0 Å². The second-order valence-corrected chi connectivity index (χ2v) is 2.59. The third-order valence-corrected chi connectivity index (χ3v) is 1.59. The Morgan fingerprint density at radius 2 is 2.00 bits per heavy atom. The zero-order valence-electron chi connectivity index (χ0n) is 6.81. The van der Waals surface area contributed by atoms with Gasteiger partial charge in [-0.05, 0) is 12.1 Å². The first-order valence-corrected chi connectivity index (χ1v) is 3.75. The van der Waals surface area contributed by atoms with Crippen LogP contribution in [0.3, 0.4) is 0 Å². The van der Waals surface area contributed by atoms with Gasteiger partial charge in [0.25, 0.3) is 0 Å². The molecule has 0 aliphatic carbocycles. The fraction of sp³-hybridized carbons (Fsp3) is 0.111. The largest absolute Gasteiger partial charge is 0.421 e. The number of benzene rings is 1. The molecule has 0 saturated heterocycles. The van der Waals surface area contributed by atoms with Crippen LogP contribution in [0.1, 0.15) is 0 Å². The number of nitrogens with zero attached hydrogens (tertiary/aromatic N) is 3. The summed E-state index contributed by atoms with van der Waals surface area (Å²) in [6, 6.07) is 12.9. The van der Waals surface area contributed by atoms with Crippen molar-refractivity contribution >= 4 is 18.0 Å². The molecule has 0 fully saturated rings. The van der Waals surface area contributed by atoms with E-state index in [1.54, 1.807) is 15.6 Å². The van der Waals surface area contributed by atoms with Gasteiger partial charge in [-0.1, -0.05) is 18.2 Å². The van der Waals surface area contributed by atoms with Crippen LogP contribution in [0, 0.1) is 0 Å². The summed E-state index contributed by atoms with van der Waals surface area (Å²) >= 11 is 0. The predicted octanol–water partition coefficient (Wildman–Crippen LogP) is 1.10. The molecule has 1 aliphatic heterocycles. The maximum absolute atomic E-state index is 4.11. The van der Waals surface area contributed by atoms with Crippen molar-refractivity contribution in [3.05, 3.63) is 30.3 Å². The van der Waals surface area contributed by atoms with Gasteiger partial charge in [0.05, 0.1) is 0 Å². The van der Waals surface area contributed by atoms with Crippen molar-refractivity contribution in [1.29, 1.82) is 0 Å². The van der Waals surface area contributed by atoms with Gasteiger partial charge in [0, 0.05) is 0 Å². The predicted molar refractivity (Wildman–Crippen MR) is 46.0 cm³/mol. The third kappa shape index (κ3) is 1.18. The molecule has 0 radical (unpaired) electrons. The van der Waals surface area contributed by atoms with Crippen molar-refractivity contribution in [3.8, 4) is 0 Å². The molecule has 1 aliphatic rings. The van der Waals surface area contributed by atoms with Gasteiger partial charge in [-0.2, -0.15) is 0 Å². The molecule has 58 valence electrons. The quantitative estimate of drug-likeness (QED) is 0.546. The SMILES string of the molecule is C[N+]1=C=[N+](c2ccccc2)N=C1. The molecule has 0 bridgehead atoms. The fourth-order valence-electron chi connectivity index (χ4n) is 1.02. The Bertz CT molecular complexity index is 383. The molecule has 1 aromatic carbocycles. The van der Waals surface area contributed by atoms with Crippen LogP contribution < -0.4 is 0 Å². The highest BCUT2D eigenvalue weighted by molar-refractivity contribution is 5.53. The van der Waals surface area contributed by atoms with Gasteiger partial charge in [-0.3, -0.25) is 0 Å². The van der Waals surface area contributed by atoms with E-state index in [1.165, 1.54) is 0 Å². The smallest absolute Gasteiger partial charge is 0.110 e. The fourth-order valence-corrected chi connectivity index (χ4v) is 1.02. The van der Waals surface area contributed by atoms with Crippen LogP contribution in [0.5, 0.6) is 0 Å². The van der Waals surface area contributed by atoms with E-state index in [2.05, 4.69) is 11.1 Å². The van der Waals surface area contributed by atoms with Crippen LogP contribution in [0.25, 0.3) is 0 Å². The maximum atomic E-state index is 4.11. The Kier molecular flexibility index (Phi) is 1.57. The topological polar surface area (TPSA) is 18.4 Å². The second kappa shape index (κ2) is 2.72. The van der Waals surface area contributed by atoms with Crippen molar-refractivity contribution in [1.82, 2.24) is 0 Å². The van der Waals surface area contributed by atoms with E-state index in [4.69, 9.17) is 0 Å². The molecule has 0 saturated carbocycles. The lowest BCUT2D eigenvalue weighted by atomic mass is 10.3. The highest BCUT2D eigenvalue weighted by Gasteiger charge is 2.18. The number of para-hydroxylation sites is 1. The molecule has 2 rings (SSSR count). The minimum absolute atomic E-state index is 1.03. The summed E-state index contributed by atoms with van der Waals surface area (Å²) in [4.78, 5) is 0. The molecule has 3 heteroatoms. The van der Waals surface area contributed by atoms with Gasteiger partial charge in [0.2, 0.25) is 10.8 Å². The Labute approximate surface area is 70.6 Å². The standard InChI is InChI=1S/C9H9N3/c1-11-7-10-12(8-11)9-5-3-2-4-6-9/h2-7H,1H3/q+2. The van der Waals surface area contributed by atoms with E-state index in [-0.39, 0.29) is 0 Å². The average molecular weight is 159 g/mol. The second-order valence-electron chi connectivity index (χ2n) is 2.59. The highest BCUT2D eigenvalue weighted by atomic mass is 15.4.